The number of hydrogen-bond donors (Lipinski definition) is 2. The van der Waals surface area contributed by atoms with E-state index in [1.54, 1.807) is 0 Å². The Balaban J connectivity index is 2.83. The molecule has 0 amide bonds. The largest absolute Gasteiger partial charge is 0.478 e. The molecule has 0 aliphatic heterocycles. The van der Waals surface area contributed by atoms with Gasteiger partial charge in [-0.05, 0) is 18.6 Å². The number of ether oxygens (including phenoxy) is 1. The molecule has 0 saturated carbocycles. The fourth-order valence-corrected chi connectivity index (χ4v) is 2.94. The first-order chi connectivity index (χ1) is 9.76. The Morgan fingerprint density at radius 2 is 2.05 bits per heavy atom. The quantitative estimate of drug-likeness (QED) is 0.734. The van der Waals surface area contributed by atoms with Gasteiger partial charge in [0.2, 0.25) is 10.0 Å². The topological polar surface area (TPSA) is 110 Å². The molecule has 0 spiro atoms. The first-order valence-corrected chi connectivity index (χ1v) is 7.89. The lowest BCUT2D eigenvalue weighted by atomic mass is 10.2. The number of benzene rings is 1. The molecular weight excluding hydrogens is 322 g/mol. The molecular formula is C12H14ClNO6S. The molecule has 116 valence electrons. The van der Waals surface area contributed by atoms with Crippen LogP contribution in [0.5, 0.6) is 0 Å². The predicted octanol–water partition coefficient (Wildman–Crippen LogP) is 1.73. The van der Waals surface area contributed by atoms with Gasteiger partial charge in [0, 0.05) is 6.42 Å². The minimum absolute atomic E-state index is 0.0429. The van der Waals surface area contributed by atoms with E-state index in [2.05, 4.69) is 9.46 Å². The van der Waals surface area contributed by atoms with Gasteiger partial charge in [0.1, 0.15) is 5.56 Å². The number of rotatable bonds is 7. The van der Waals surface area contributed by atoms with Crippen LogP contribution in [0.4, 0.5) is 5.69 Å². The second kappa shape index (κ2) is 7.28. The minimum atomic E-state index is -3.79. The number of hydrogen-bond acceptors (Lipinski definition) is 5. The number of esters is 1. The van der Waals surface area contributed by atoms with E-state index in [-0.39, 0.29) is 34.9 Å². The van der Waals surface area contributed by atoms with Gasteiger partial charge in [-0.25, -0.2) is 13.2 Å². The molecule has 1 aromatic rings. The van der Waals surface area contributed by atoms with E-state index in [4.69, 9.17) is 16.7 Å². The number of sulfonamides is 1. The van der Waals surface area contributed by atoms with Crippen molar-refractivity contribution in [3.8, 4) is 0 Å². The molecule has 1 rings (SSSR count). The lowest BCUT2D eigenvalue weighted by Crippen LogP contribution is -2.19. The summed E-state index contributed by atoms with van der Waals surface area (Å²) in [5.74, 6) is -2.19. The van der Waals surface area contributed by atoms with E-state index in [9.17, 15) is 18.0 Å². The molecule has 0 aliphatic rings. The highest BCUT2D eigenvalue weighted by atomic mass is 35.5. The monoisotopic (exact) mass is 335 g/mol. The van der Waals surface area contributed by atoms with Gasteiger partial charge in [0.25, 0.3) is 0 Å². The molecule has 7 nitrogen and oxygen atoms in total. The number of halogens is 1. The number of methoxy groups -OCH3 is 1. The van der Waals surface area contributed by atoms with Crippen LogP contribution in [-0.2, 0) is 19.6 Å². The summed E-state index contributed by atoms with van der Waals surface area (Å²) in [6.45, 7) is 0. The van der Waals surface area contributed by atoms with Crippen molar-refractivity contribution in [2.75, 3.05) is 17.6 Å². The van der Waals surface area contributed by atoms with Gasteiger partial charge in [-0.3, -0.25) is 9.52 Å². The maximum absolute atomic E-state index is 11.9. The Bertz CT molecular complexity index is 643. The zero-order chi connectivity index (χ0) is 16.0. The van der Waals surface area contributed by atoms with Gasteiger partial charge in [-0.2, -0.15) is 0 Å². The molecule has 0 radical (unpaired) electrons. The summed E-state index contributed by atoms with van der Waals surface area (Å²) in [5.41, 5.74) is -0.441. The summed E-state index contributed by atoms with van der Waals surface area (Å²) >= 11 is 5.74. The highest BCUT2D eigenvalue weighted by Gasteiger charge is 2.19. The average molecular weight is 336 g/mol. The SMILES string of the molecule is COC(=O)CCCS(=O)(=O)Nc1cccc(Cl)c1C(=O)O. The molecule has 0 aliphatic carbocycles. The van der Waals surface area contributed by atoms with E-state index in [1.807, 2.05) is 0 Å². The maximum Gasteiger partial charge on any atom is 0.339 e. The van der Waals surface area contributed by atoms with E-state index < -0.39 is 22.0 Å². The van der Waals surface area contributed by atoms with Crippen molar-refractivity contribution in [2.45, 2.75) is 12.8 Å². The molecule has 0 heterocycles. The Morgan fingerprint density at radius 3 is 2.62 bits per heavy atom. The molecule has 0 unspecified atom stereocenters. The number of nitrogens with one attached hydrogen (secondary N) is 1. The van der Waals surface area contributed by atoms with Crippen LogP contribution in [0.25, 0.3) is 0 Å². The summed E-state index contributed by atoms with van der Waals surface area (Å²) in [6.07, 6.45) is 0.0176. The second-order valence-corrected chi connectivity index (χ2v) is 6.32. The van der Waals surface area contributed by atoms with Crippen molar-refractivity contribution in [3.05, 3.63) is 28.8 Å². The number of carbonyl (C=O) groups is 2. The molecule has 1 aromatic carbocycles. The number of carbonyl (C=O) groups excluding carboxylic acids is 1. The minimum Gasteiger partial charge on any atom is -0.478 e. The van der Waals surface area contributed by atoms with Gasteiger partial charge >= 0.3 is 11.9 Å². The lowest BCUT2D eigenvalue weighted by Gasteiger charge is -2.11. The van der Waals surface area contributed by atoms with Crippen LogP contribution in [0.3, 0.4) is 0 Å². The molecule has 9 heteroatoms. The molecule has 0 saturated heterocycles. The van der Waals surface area contributed by atoms with Gasteiger partial charge < -0.3 is 9.84 Å². The zero-order valence-electron chi connectivity index (χ0n) is 11.1. The third kappa shape index (κ3) is 5.24. The van der Waals surface area contributed by atoms with Crippen LogP contribution < -0.4 is 4.72 Å². The highest BCUT2D eigenvalue weighted by Crippen LogP contribution is 2.25. The van der Waals surface area contributed by atoms with E-state index >= 15 is 0 Å². The Morgan fingerprint density at radius 1 is 1.38 bits per heavy atom. The molecule has 2 N–H and O–H groups in total. The molecule has 21 heavy (non-hydrogen) atoms. The number of carboxylic acids is 1. The van der Waals surface area contributed by atoms with Gasteiger partial charge in [0.05, 0.1) is 23.6 Å². The maximum atomic E-state index is 11.9. The average Bonchev–Trinajstić information content (AvgIpc) is 2.37. The summed E-state index contributed by atoms with van der Waals surface area (Å²) < 4.78 is 30.3. The summed E-state index contributed by atoms with van der Waals surface area (Å²) in [6, 6.07) is 4.08. The van der Waals surface area contributed by atoms with Crippen LogP contribution in [0.15, 0.2) is 18.2 Å². The standard InChI is InChI=1S/C12H14ClNO6S/c1-20-10(15)6-3-7-21(18,19)14-9-5-2-4-8(13)11(9)12(16)17/h2,4-5,14H,3,6-7H2,1H3,(H,16,17). The van der Waals surface area contributed by atoms with Crippen molar-refractivity contribution in [2.24, 2.45) is 0 Å². The normalized spacial score (nSPS) is 11.0. The van der Waals surface area contributed by atoms with E-state index in [0.29, 0.717) is 0 Å². The molecule has 0 bridgehead atoms. The number of anilines is 1. The molecule has 0 atom stereocenters. The summed E-state index contributed by atoms with van der Waals surface area (Å²) in [5, 5.41) is 8.97. The Labute approximate surface area is 126 Å². The van der Waals surface area contributed by atoms with Crippen molar-refractivity contribution in [1.29, 1.82) is 0 Å². The molecule has 0 fully saturated rings. The van der Waals surface area contributed by atoms with Crippen molar-refractivity contribution >= 4 is 39.3 Å². The highest BCUT2D eigenvalue weighted by molar-refractivity contribution is 7.92. The molecule has 0 aromatic heterocycles. The number of aromatic carboxylic acids is 1. The summed E-state index contributed by atoms with van der Waals surface area (Å²) in [4.78, 5) is 22.0. The van der Waals surface area contributed by atoms with Crippen LogP contribution >= 0.6 is 11.6 Å². The van der Waals surface area contributed by atoms with Gasteiger partial charge in [0.15, 0.2) is 0 Å². The number of carboxylic acid groups (broad SMARTS) is 1. The van der Waals surface area contributed by atoms with Crippen LogP contribution in [0.2, 0.25) is 5.02 Å². The Kier molecular flexibility index (Phi) is 5.98. The zero-order valence-corrected chi connectivity index (χ0v) is 12.7. The van der Waals surface area contributed by atoms with Crippen molar-refractivity contribution in [3.63, 3.8) is 0 Å². The fraction of sp³-hybridized carbons (Fsp3) is 0.333. The third-order valence-electron chi connectivity index (χ3n) is 2.51. The lowest BCUT2D eigenvalue weighted by molar-refractivity contribution is -0.140. The Hall–Kier alpha value is -1.80. The first kappa shape index (κ1) is 17.3. The van der Waals surface area contributed by atoms with Crippen LogP contribution in [0, 0.1) is 0 Å². The summed E-state index contributed by atoms with van der Waals surface area (Å²) in [7, 11) is -2.58. The van der Waals surface area contributed by atoms with Crippen LogP contribution in [-0.4, -0.2) is 38.3 Å². The van der Waals surface area contributed by atoms with E-state index in [1.165, 1.54) is 25.3 Å². The predicted molar refractivity (Wildman–Crippen MR) is 77.1 cm³/mol. The van der Waals surface area contributed by atoms with Gasteiger partial charge in [-0.15, -0.1) is 0 Å². The van der Waals surface area contributed by atoms with Gasteiger partial charge in [-0.1, -0.05) is 17.7 Å². The fourth-order valence-electron chi connectivity index (χ4n) is 1.55. The van der Waals surface area contributed by atoms with Crippen LogP contribution in [0.1, 0.15) is 23.2 Å². The van der Waals surface area contributed by atoms with Crippen molar-refractivity contribution in [1.82, 2.24) is 0 Å². The van der Waals surface area contributed by atoms with Crippen molar-refractivity contribution < 1.29 is 27.9 Å². The first-order valence-electron chi connectivity index (χ1n) is 5.86. The smallest absolute Gasteiger partial charge is 0.339 e. The second-order valence-electron chi connectivity index (χ2n) is 4.07. The third-order valence-corrected chi connectivity index (χ3v) is 4.19. The van der Waals surface area contributed by atoms with E-state index in [0.717, 1.165) is 0 Å².